The summed E-state index contributed by atoms with van der Waals surface area (Å²) in [4.78, 5) is 14.4. The van der Waals surface area contributed by atoms with Gasteiger partial charge in [-0.3, -0.25) is 9.78 Å². The number of ether oxygens (including phenoxy) is 1. The first-order chi connectivity index (χ1) is 16.4. The molecule has 6 heteroatoms. The van der Waals surface area contributed by atoms with Crippen molar-refractivity contribution in [1.29, 1.82) is 0 Å². The molecule has 190 valence electrons. The van der Waals surface area contributed by atoms with Crippen molar-refractivity contribution in [1.82, 2.24) is 4.98 Å². The maximum atomic E-state index is 11.6. The van der Waals surface area contributed by atoms with Gasteiger partial charge in [-0.05, 0) is 66.0 Å². The van der Waals surface area contributed by atoms with Crippen LogP contribution in [0.3, 0.4) is 0 Å². The fraction of sp³-hybridized carbons (Fsp3) is 0.483. The van der Waals surface area contributed by atoms with E-state index in [1.54, 1.807) is 0 Å². The van der Waals surface area contributed by atoms with Crippen LogP contribution in [0, 0.1) is 19.3 Å². The highest BCUT2D eigenvalue weighted by Gasteiger charge is 2.32. The lowest BCUT2D eigenvalue weighted by atomic mass is 9.69. The average Bonchev–Trinajstić information content (AvgIpc) is 3.11. The Morgan fingerprint density at radius 3 is 2.09 bits per heavy atom. The Morgan fingerprint density at radius 1 is 1.00 bits per heavy atom. The molecule has 3 rings (SSSR count). The van der Waals surface area contributed by atoms with Crippen LogP contribution < -0.4 is 9.61 Å². The standard InChI is InChI=1S/C29H39NO4S/c1-8-29(9-2,22-12-13-23(19(4)15-22)34-17-25(31)28(5,6)7)21-11-10-20(18(3)14-21)16-24-26(32)30-27(33)35-24/h10-15,25,31-32H,8-9,16-17H2,1-7H3,(H,30,33). The first-order valence-corrected chi connectivity index (χ1v) is 13.2. The summed E-state index contributed by atoms with van der Waals surface area (Å²) < 4.78 is 5.97. The third kappa shape index (κ3) is 5.81. The Morgan fingerprint density at radius 2 is 1.60 bits per heavy atom. The van der Waals surface area contributed by atoms with Crippen LogP contribution >= 0.6 is 11.3 Å². The zero-order valence-electron chi connectivity index (χ0n) is 22.0. The van der Waals surface area contributed by atoms with E-state index in [1.807, 2.05) is 26.8 Å². The van der Waals surface area contributed by atoms with Crippen LogP contribution in [0.5, 0.6) is 11.6 Å². The van der Waals surface area contributed by atoms with Crippen LogP contribution in [0.25, 0.3) is 0 Å². The molecule has 0 aliphatic heterocycles. The van der Waals surface area contributed by atoms with Crippen LogP contribution in [0.4, 0.5) is 0 Å². The van der Waals surface area contributed by atoms with E-state index in [0.29, 0.717) is 11.3 Å². The van der Waals surface area contributed by atoms with Crippen molar-refractivity contribution in [2.75, 3.05) is 6.61 Å². The quantitative estimate of drug-likeness (QED) is 0.327. The highest BCUT2D eigenvalue weighted by Crippen LogP contribution is 2.41. The fourth-order valence-electron chi connectivity index (χ4n) is 4.60. The number of nitrogens with one attached hydrogen (secondary N) is 1. The molecule has 2 aromatic carbocycles. The third-order valence-electron chi connectivity index (χ3n) is 7.28. The van der Waals surface area contributed by atoms with E-state index in [9.17, 15) is 15.0 Å². The second-order valence-corrected chi connectivity index (χ2v) is 11.6. The molecule has 0 aliphatic carbocycles. The summed E-state index contributed by atoms with van der Waals surface area (Å²) in [6, 6.07) is 12.9. The lowest BCUT2D eigenvalue weighted by Gasteiger charge is -2.34. The molecule has 35 heavy (non-hydrogen) atoms. The molecule has 0 radical (unpaired) electrons. The highest BCUT2D eigenvalue weighted by atomic mass is 32.1. The minimum absolute atomic E-state index is 0.0345. The van der Waals surface area contributed by atoms with Crippen molar-refractivity contribution < 1.29 is 14.9 Å². The largest absolute Gasteiger partial charge is 0.494 e. The Bertz CT molecular complexity index is 1210. The molecule has 0 saturated carbocycles. The second kappa shape index (κ2) is 10.6. The number of aryl methyl sites for hydroxylation is 2. The lowest BCUT2D eigenvalue weighted by Crippen LogP contribution is -2.32. The number of aliphatic hydroxyl groups is 1. The van der Waals surface area contributed by atoms with Gasteiger partial charge >= 0.3 is 4.87 Å². The number of thiazole rings is 1. The molecule has 1 heterocycles. The van der Waals surface area contributed by atoms with Crippen molar-refractivity contribution in [3.05, 3.63) is 78.8 Å². The van der Waals surface area contributed by atoms with Crippen molar-refractivity contribution in [2.45, 2.75) is 79.2 Å². The maximum absolute atomic E-state index is 11.6. The molecule has 0 aliphatic rings. The van der Waals surface area contributed by atoms with Crippen LogP contribution in [-0.4, -0.2) is 27.9 Å². The minimum Gasteiger partial charge on any atom is -0.494 e. The second-order valence-electron chi connectivity index (χ2n) is 10.6. The lowest BCUT2D eigenvalue weighted by molar-refractivity contribution is 0.0216. The molecule has 1 atom stereocenters. The number of benzene rings is 2. The number of aromatic hydroxyl groups is 1. The van der Waals surface area contributed by atoms with Gasteiger partial charge in [0.25, 0.3) is 0 Å². The van der Waals surface area contributed by atoms with Crippen LogP contribution in [-0.2, 0) is 11.8 Å². The number of aliphatic hydroxyl groups excluding tert-OH is 1. The first-order valence-electron chi connectivity index (χ1n) is 12.3. The van der Waals surface area contributed by atoms with Gasteiger partial charge in [0.2, 0.25) is 5.88 Å². The maximum Gasteiger partial charge on any atom is 0.307 e. The third-order valence-corrected chi connectivity index (χ3v) is 8.15. The summed E-state index contributed by atoms with van der Waals surface area (Å²) in [5.74, 6) is 0.766. The van der Waals surface area contributed by atoms with Crippen molar-refractivity contribution >= 4 is 11.3 Å². The van der Waals surface area contributed by atoms with Gasteiger partial charge in [0, 0.05) is 11.8 Å². The molecule has 3 N–H and O–H groups in total. The van der Waals surface area contributed by atoms with Gasteiger partial charge in [0.05, 0.1) is 11.0 Å². The summed E-state index contributed by atoms with van der Waals surface area (Å²) >= 11 is 1.05. The Balaban J connectivity index is 1.90. The summed E-state index contributed by atoms with van der Waals surface area (Å²) in [6.45, 7) is 14.9. The Labute approximate surface area is 212 Å². The van der Waals surface area contributed by atoms with Gasteiger partial charge in [0.15, 0.2) is 0 Å². The van der Waals surface area contributed by atoms with E-state index in [2.05, 4.69) is 63.0 Å². The van der Waals surface area contributed by atoms with Gasteiger partial charge in [-0.2, -0.15) is 0 Å². The van der Waals surface area contributed by atoms with E-state index in [1.165, 1.54) is 11.1 Å². The zero-order valence-corrected chi connectivity index (χ0v) is 22.8. The number of aromatic amines is 1. The van der Waals surface area contributed by atoms with Gasteiger partial charge < -0.3 is 14.9 Å². The van der Waals surface area contributed by atoms with E-state index in [0.717, 1.165) is 46.6 Å². The van der Waals surface area contributed by atoms with Crippen molar-refractivity contribution in [3.63, 3.8) is 0 Å². The van der Waals surface area contributed by atoms with E-state index >= 15 is 0 Å². The minimum atomic E-state index is -0.539. The summed E-state index contributed by atoms with van der Waals surface area (Å²) in [6.07, 6.45) is 1.89. The van der Waals surface area contributed by atoms with Crippen LogP contribution in [0.2, 0.25) is 0 Å². The van der Waals surface area contributed by atoms with Crippen molar-refractivity contribution in [3.8, 4) is 11.6 Å². The molecular formula is C29H39NO4S. The van der Waals surface area contributed by atoms with Crippen molar-refractivity contribution in [2.24, 2.45) is 5.41 Å². The topological polar surface area (TPSA) is 82.6 Å². The molecule has 0 amide bonds. The predicted octanol–water partition coefficient (Wildman–Crippen LogP) is 6.24. The normalized spacial score (nSPS) is 13.1. The summed E-state index contributed by atoms with van der Waals surface area (Å²) in [7, 11) is 0. The molecule has 5 nitrogen and oxygen atoms in total. The summed E-state index contributed by atoms with van der Waals surface area (Å²) in [5, 5.41) is 20.3. The highest BCUT2D eigenvalue weighted by molar-refractivity contribution is 7.09. The SMILES string of the molecule is CCC(CC)(c1ccc(Cc2sc(=O)[nH]c2O)c(C)c1)c1ccc(OCC(O)C(C)(C)C)c(C)c1. The first kappa shape index (κ1) is 27.0. The molecule has 3 aromatic rings. The number of hydrogen-bond acceptors (Lipinski definition) is 5. The molecular weight excluding hydrogens is 458 g/mol. The number of rotatable bonds is 9. The predicted molar refractivity (Wildman–Crippen MR) is 144 cm³/mol. The molecule has 0 saturated heterocycles. The zero-order chi connectivity index (χ0) is 26.0. The van der Waals surface area contributed by atoms with Gasteiger partial charge in [-0.25, -0.2) is 0 Å². The van der Waals surface area contributed by atoms with Crippen LogP contribution in [0.1, 0.15) is 80.2 Å². The van der Waals surface area contributed by atoms with E-state index in [-0.39, 0.29) is 28.2 Å². The van der Waals surface area contributed by atoms with E-state index in [4.69, 9.17) is 4.74 Å². The Kier molecular flexibility index (Phi) is 8.17. The van der Waals surface area contributed by atoms with Gasteiger partial charge in [-0.1, -0.05) is 76.3 Å². The number of hydrogen-bond donors (Lipinski definition) is 3. The fourth-order valence-corrected chi connectivity index (χ4v) is 5.34. The van der Waals surface area contributed by atoms with E-state index < -0.39 is 6.10 Å². The molecule has 0 fully saturated rings. The molecule has 1 unspecified atom stereocenters. The molecule has 0 bridgehead atoms. The number of aromatic nitrogens is 1. The Hall–Kier alpha value is -2.57. The number of H-pyrrole nitrogens is 1. The summed E-state index contributed by atoms with van der Waals surface area (Å²) in [5.41, 5.74) is 5.43. The monoisotopic (exact) mass is 497 g/mol. The van der Waals surface area contributed by atoms with Gasteiger partial charge in [0.1, 0.15) is 12.4 Å². The molecule has 1 aromatic heterocycles. The van der Waals surface area contributed by atoms with Crippen LogP contribution in [0.15, 0.2) is 41.2 Å². The average molecular weight is 498 g/mol. The smallest absolute Gasteiger partial charge is 0.307 e. The molecule has 0 spiro atoms. The van der Waals surface area contributed by atoms with Gasteiger partial charge in [-0.15, -0.1) is 0 Å².